The number of hydrogen-bond donors (Lipinski definition) is 2. The Balaban J connectivity index is 0.00000312. The summed E-state index contributed by atoms with van der Waals surface area (Å²) in [7, 11) is 1.65. The molecule has 1 fully saturated rings. The van der Waals surface area contributed by atoms with E-state index in [1.165, 1.54) is 12.1 Å². The summed E-state index contributed by atoms with van der Waals surface area (Å²) in [5.41, 5.74) is 0.989. The molecule has 1 heterocycles. The minimum atomic E-state index is -0.409. The van der Waals surface area contributed by atoms with Crippen LogP contribution in [-0.4, -0.2) is 50.4 Å². The van der Waals surface area contributed by atoms with E-state index in [1.807, 2.05) is 0 Å². The molecule has 0 saturated carbocycles. The van der Waals surface area contributed by atoms with Gasteiger partial charge in [-0.2, -0.15) is 0 Å². The van der Waals surface area contributed by atoms with Crippen molar-refractivity contribution in [1.82, 2.24) is 10.6 Å². The molecule has 25 heavy (non-hydrogen) atoms. The first kappa shape index (κ1) is 21.6. The molecule has 1 saturated heterocycles. The molecule has 1 atom stereocenters. The van der Waals surface area contributed by atoms with Crippen LogP contribution in [0.1, 0.15) is 18.4 Å². The number of hydrogen-bond acceptors (Lipinski definition) is 5. The van der Waals surface area contributed by atoms with Gasteiger partial charge in [0.05, 0.1) is 24.2 Å². The Morgan fingerprint density at radius 2 is 2.16 bits per heavy atom. The van der Waals surface area contributed by atoms with E-state index in [-0.39, 0.29) is 35.8 Å². The van der Waals surface area contributed by atoms with E-state index >= 15 is 0 Å². The van der Waals surface area contributed by atoms with Gasteiger partial charge in [0, 0.05) is 38.9 Å². The van der Waals surface area contributed by atoms with Crippen molar-refractivity contribution in [2.24, 2.45) is 4.99 Å². The molecular weight excluding hydrogens is 439 g/mol. The SMILES string of the molecule is COCCNC(=NCc1ccc([N+](=O)[O-])cc1)NCC1CCCO1.I. The van der Waals surface area contributed by atoms with E-state index in [4.69, 9.17) is 9.47 Å². The summed E-state index contributed by atoms with van der Waals surface area (Å²) in [4.78, 5) is 14.8. The molecule has 9 heteroatoms. The maximum atomic E-state index is 10.7. The fraction of sp³-hybridized carbons (Fsp3) is 0.562. The van der Waals surface area contributed by atoms with Gasteiger partial charge in [0.15, 0.2) is 5.96 Å². The van der Waals surface area contributed by atoms with Crippen LogP contribution in [-0.2, 0) is 16.0 Å². The third-order valence-electron chi connectivity index (χ3n) is 3.69. The van der Waals surface area contributed by atoms with E-state index in [1.54, 1.807) is 19.2 Å². The number of nitro groups is 1. The number of nitro benzene ring substituents is 1. The Labute approximate surface area is 164 Å². The molecular formula is C16H25IN4O4. The average molecular weight is 464 g/mol. The third kappa shape index (κ3) is 7.97. The summed E-state index contributed by atoms with van der Waals surface area (Å²) in [6.07, 6.45) is 2.37. The maximum Gasteiger partial charge on any atom is 0.269 e. The smallest absolute Gasteiger partial charge is 0.269 e. The van der Waals surface area contributed by atoms with Crippen LogP contribution in [0.25, 0.3) is 0 Å². The van der Waals surface area contributed by atoms with E-state index in [0.717, 1.165) is 25.0 Å². The normalized spacial score (nSPS) is 17.0. The molecule has 0 amide bonds. The van der Waals surface area contributed by atoms with Crippen molar-refractivity contribution in [3.05, 3.63) is 39.9 Å². The molecule has 2 N–H and O–H groups in total. The van der Waals surface area contributed by atoms with Crippen LogP contribution in [0.2, 0.25) is 0 Å². The van der Waals surface area contributed by atoms with Gasteiger partial charge in [0.25, 0.3) is 5.69 Å². The Kier molecular flexibility index (Phi) is 10.3. The van der Waals surface area contributed by atoms with Crippen LogP contribution >= 0.6 is 24.0 Å². The Morgan fingerprint density at radius 3 is 2.76 bits per heavy atom. The molecule has 140 valence electrons. The Morgan fingerprint density at radius 1 is 1.40 bits per heavy atom. The number of methoxy groups -OCH3 is 1. The van der Waals surface area contributed by atoms with E-state index < -0.39 is 4.92 Å². The van der Waals surface area contributed by atoms with E-state index in [9.17, 15) is 10.1 Å². The zero-order chi connectivity index (χ0) is 17.2. The highest BCUT2D eigenvalue weighted by atomic mass is 127. The zero-order valence-electron chi connectivity index (χ0n) is 14.3. The molecule has 8 nitrogen and oxygen atoms in total. The van der Waals surface area contributed by atoms with Crippen molar-refractivity contribution >= 4 is 35.6 Å². The van der Waals surface area contributed by atoms with Gasteiger partial charge in [0.2, 0.25) is 0 Å². The second-order valence-electron chi connectivity index (χ2n) is 5.52. The lowest BCUT2D eigenvalue weighted by Crippen LogP contribution is -2.42. The average Bonchev–Trinajstić information content (AvgIpc) is 3.11. The van der Waals surface area contributed by atoms with Crippen molar-refractivity contribution in [2.45, 2.75) is 25.5 Å². The number of ether oxygens (including phenoxy) is 2. The van der Waals surface area contributed by atoms with Crippen molar-refractivity contribution < 1.29 is 14.4 Å². The van der Waals surface area contributed by atoms with Gasteiger partial charge >= 0.3 is 0 Å². The molecule has 1 aromatic carbocycles. The third-order valence-corrected chi connectivity index (χ3v) is 3.69. The summed E-state index contributed by atoms with van der Waals surface area (Å²) in [6.45, 7) is 3.19. The number of aliphatic imine (C=N–C) groups is 1. The summed E-state index contributed by atoms with van der Waals surface area (Å²) >= 11 is 0. The van der Waals surface area contributed by atoms with Crippen LogP contribution in [0.4, 0.5) is 5.69 Å². The molecule has 0 aromatic heterocycles. The summed E-state index contributed by atoms with van der Waals surface area (Å²) in [5.74, 6) is 0.681. The number of non-ortho nitro benzene ring substituents is 1. The summed E-state index contributed by atoms with van der Waals surface area (Å²) in [5, 5.41) is 17.1. The molecule has 2 rings (SSSR count). The Hall–Kier alpha value is -1.46. The lowest BCUT2D eigenvalue weighted by Gasteiger charge is -2.15. The fourth-order valence-electron chi connectivity index (χ4n) is 2.36. The number of nitrogens with one attached hydrogen (secondary N) is 2. The van der Waals surface area contributed by atoms with E-state index in [2.05, 4.69) is 15.6 Å². The fourth-order valence-corrected chi connectivity index (χ4v) is 2.36. The van der Waals surface area contributed by atoms with Crippen LogP contribution < -0.4 is 10.6 Å². The lowest BCUT2D eigenvalue weighted by molar-refractivity contribution is -0.384. The van der Waals surface area contributed by atoms with E-state index in [0.29, 0.717) is 32.2 Å². The molecule has 0 aliphatic carbocycles. The van der Waals surface area contributed by atoms with Gasteiger partial charge in [0.1, 0.15) is 0 Å². The molecule has 0 bridgehead atoms. The van der Waals surface area contributed by atoms with Crippen molar-refractivity contribution in [2.75, 3.05) is 33.4 Å². The molecule has 0 spiro atoms. The van der Waals surface area contributed by atoms with Gasteiger partial charge in [-0.05, 0) is 18.4 Å². The first-order chi connectivity index (χ1) is 11.7. The van der Waals surface area contributed by atoms with Crippen molar-refractivity contribution in [3.63, 3.8) is 0 Å². The number of rotatable bonds is 8. The summed E-state index contributed by atoms with van der Waals surface area (Å²) in [6, 6.07) is 6.41. The second kappa shape index (κ2) is 12.0. The lowest BCUT2D eigenvalue weighted by atomic mass is 10.2. The zero-order valence-corrected chi connectivity index (χ0v) is 16.6. The van der Waals surface area contributed by atoms with Crippen LogP contribution in [0.5, 0.6) is 0 Å². The number of halogens is 1. The minimum absolute atomic E-state index is 0. The number of nitrogens with zero attached hydrogens (tertiary/aromatic N) is 2. The number of benzene rings is 1. The summed E-state index contributed by atoms with van der Waals surface area (Å²) < 4.78 is 10.6. The minimum Gasteiger partial charge on any atom is -0.383 e. The molecule has 1 unspecified atom stereocenters. The van der Waals surface area contributed by atoms with Gasteiger partial charge in [-0.1, -0.05) is 12.1 Å². The quantitative estimate of drug-likeness (QED) is 0.153. The molecule has 0 radical (unpaired) electrons. The highest BCUT2D eigenvalue weighted by Crippen LogP contribution is 2.13. The second-order valence-corrected chi connectivity index (χ2v) is 5.52. The van der Waals surface area contributed by atoms with Gasteiger partial charge in [-0.3, -0.25) is 10.1 Å². The highest BCUT2D eigenvalue weighted by Gasteiger charge is 2.15. The first-order valence-corrected chi connectivity index (χ1v) is 8.05. The first-order valence-electron chi connectivity index (χ1n) is 8.05. The van der Waals surface area contributed by atoms with Gasteiger partial charge in [-0.25, -0.2) is 4.99 Å². The molecule has 1 aliphatic rings. The predicted octanol–water partition coefficient (Wildman–Crippen LogP) is 2.07. The van der Waals surface area contributed by atoms with Crippen LogP contribution in [0.3, 0.4) is 0 Å². The topological polar surface area (TPSA) is 98.0 Å². The predicted molar refractivity (Wildman–Crippen MR) is 107 cm³/mol. The highest BCUT2D eigenvalue weighted by molar-refractivity contribution is 14.0. The van der Waals surface area contributed by atoms with Crippen LogP contribution in [0, 0.1) is 10.1 Å². The van der Waals surface area contributed by atoms with Crippen molar-refractivity contribution in [1.29, 1.82) is 0 Å². The monoisotopic (exact) mass is 464 g/mol. The molecule has 1 aliphatic heterocycles. The maximum absolute atomic E-state index is 10.7. The molecule has 1 aromatic rings. The Bertz CT molecular complexity index is 548. The van der Waals surface area contributed by atoms with Gasteiger partial charge < -0.3 is 20.1 Å². The number of guanidine groups is 1. The van der Waals surface area contributed by atoms with Crippen molar-refractivity contribution in [3.8, 4) is 0 Å². The van der Waals surface area contributed by atoms with Gasteiger partial charge in [-0.15, -0.1) is 24.0 Å². The van der Waals surface area contributed by atoms with Crippen LogP contribution in [0.15, 0.2) is 29.3 Å². The standard InChI is InChI=1S/C16H24N4O4.HI/c1-23-10-8-17-16(19-12-15-3-2-9-24-15)18-11-13-4-6-14(7-5-13)20(21)22;/h4-7,15H,2-3,8-12H2,1H3,(H2,17,18,19);1H. The largest absolute Gasteiger partial charge is 0.383 e.